The van der Waals surface area contributed by atoms with Gasteiger partial charge in [0.1, 0.15) is 0 Å². The van der Waals surface area contributed by atoms with Crippen LogP contribution in [0.25, 0.3) is 0 Å². The summed E-state index contributed by atoms with van der Waals surface area (Å²) in [6, 6.07) is 0. The lowest BCUT2D eigenvalue weighted by Gasteiger charge is -2.43. The number of hydrogen-bond acceptors (Lipinski definition) is 10. The quantitative estimate of drug-likeness (QED) is 0.363. The number of methoxy groups -OCH3 is 1. The lowest BCUT2D eigenvalue weighted by molar-refractivity contribution is -0.293. The molecule has 10 nitrogen and oxygen atoms in total. The van der Waals surface area contributed by atoms with Gasteiger partial charge in [0, 0.05) is 20.8 Å². The summed E-state index contributed by atoms with van der Waals surface area (Å²) >= 11 is 0. The van der Waals surface area contributed by atoms with Crippen molar-refractivity contribution >= 4 is 23.9 Å². The summed E-state index contributed by atoms with van der Waals surface area (Å²) in [7, 11) is 1.11. The maximum Gasteiger partial charge on any atom is 0.339 e. The molecule has 1 saturated heterocycles. The van der Waals surface area contributed by atoms with Gasteiger partial charge in [-0.05, 0) is 19.9 Å². The van der Waals surface area contributed by atoms with Gasteiger partial charge in [0.2, 0.25) is 12.4 Å². The summed E-state index contributed by atoms with van der Waals surface area (Å²) in [6.07, 6.45) is -5.24. The average molecular weight is 388 g/mol. The Kier molecular flexibility index (Phi) is 8.23. The standard InChI is InChI=1S/C17H24O10/c1-7-8(2)23-17-15(26-11(5)20)13(25-10(4)19)12(24-9(3)18)14(27-17)16(21)22-6/h7,12-15,17H,1-6H3. The molecule has 0 spiro atoms. The van der Waals surface area contributed by atoms with Crippen LogP contribution in [0.5, 0.6) is 0 Å². The van der Waals surface area contributed by atoms with Gasteiger partial charge in [0.05, 0.1) is 12.9 Å². The fourth-order valence-electron chi connectivity index (χ4n) is 2.43. The predicted octanol–water partition coefficient (Wildman–Crippen LogP) is 0.620. The summed E-state index contributed by atoms with van der Waals surface area (Å²) in [5.74, 6) is -2.72. The zero-order valence-electron chi connectivity index (χ0n) is 16.0. The van der Waals surface area contributed by atoms with E-state index in [-0.39, 0.29) is 0 Å². The molecule has 0 aromatic heterocycles. The average Bonchev–Trinajstić information content (AvgIpc) is 2.57. The van der Waals surface area contributed by atoms with Crippen LogP contribution in [0.3, 0.4) is 0 Å². The molecule has 0 aromatic carbocycles. The molecule has 1 aliphatic rings. The molecule has 0 radical (unpaired) electrons. The van der Waals surface area contributed by atoms with Crippen LogP contribution in [0, 0.1) is 0 Å². The number of carbonyl (C=O) groups is 4. The van der Waals surface area contributed by atoms with Crippen LogP contribution in [-0.2, 0) is 47.6 Å². The molecule has 1 rings (SSSR count). The SMILES string of the molecule is CC=C(C)OC1OC(C(=O)OC)C(OC(C)=O)C(OC(C)=O)C1OC(C)=O. The summed E-state index contributed by atoms with van der Waals surface area (Å²) in [5, 5.41) is 0. The monoisotopic (exact) mass is 388 g/mol. The van der Waals surface area contributed by atoms with Gasteiger partial charge in [-0.25, -0.2) is 4.79 Å². The van der Waals surface area contributed by atoms with E-state index in [1.807, 2.05) is 0 Å². The van der Waals surface area contributed by atoms with Crippen LogP contribution in [0.15, 0.2) is 11.8 Å². The molecule has 10 heteroatoms. The van der Waals surface area contributed by atoms with E-state index in [1.165, 1.54) is 0 Å². The van der Waals surface area contributed by atoms with Crippen molar-refractivity contribution in [1.29, 1.82) is 0 Å². The maximum absolute atomic E-state index is 12.2. The molecule has 0 bridgehead atoms. The van der Waals surface area contributed by atoms with E-state index in [4.69, 9.17) is 23.7 Å². The predicted molar refractivity (Wildman–Crippen MR) is 87.9 cm³/mol. The molecule has 0 aliphatic carbocycles. The second-order valence-electron chi connectivity index (χ2n) is 5.69. The molecule has 0 amide bonds. The van der Waals surface area contributed by atoms with Crippen molar-refractivity contribution in [3.05, 3.63) is 11.8 Å². The molecule has 0 N–H and O–H groups in total. The largest absolute Gasteiger partial charge is 0.467 e. The molecule has 5 atom stereocenters. The van der Waals surface area contributed by atoms with Crippen molar-refractivity contribution in [3.63, 3.8) is 0 Å². The molecule has 1 fully saturated rings. The third-order valence-electron chi connectivity index (χ3n) is 3.54. The van der Waals surface area contributed by atoms with E-state index in [2.05, 4.69) is 4.74 Å². The van der Waals surface area contributed by atoms with Crippen molar-refractivity contribution in [2.24, 2.45) is 0 Å². The third kappa shape index (κ3) is 6.24. The van der Waals surface area contributed by atoms with Crippen LogP contribution < -0.4 is 0 Å². The minimum atomic E-state index is -1.47. The highest BCUT2D eigenvalue weighted by Gasteiger charge is 2.55. The Morgan fingerprint density at radius 2 is 1.26 bits per heavy atom. The van der Waals surface area contributed by atoms with Crippen molar-refractivity contribution in [2.45, 2.75) is 65.3 Å². The Morgan fingerprint density at radius 3 is 1.70 bits per heavy atom. The Hall–Kier alpha value is -2.62. The van der Waals surface area contributed by atoms with Gasteiger partial charge < -0.3 is 28.4 Å². The van der Waals surface area contributed by atoms with Crippen molar-refractivity contribution in [1.82, 2.24) is 0 Å². The molecule has 27 heavy (non-hydrogen) atoms. The first-order chi connectivity index (χ1) is 12.6. The fraction of sp³-hybridized carbons (Fsp3) is 0.647. The van der Waals surface area contributed by atoms with E-state index in [0.717, 1.165) is 27.9 Å². The summed E-state index contributed by atoms with van der Waals surface area (Å²) in [5.41, 5.74) is 0. The molecule has 0 saturated carbocycles. The summed E-state index contributed by atoms with van der Waals surface area (Å²) < 4.78 is 31.3. The number of allylic oxidation sites excluding steroid dienone is 2. The number of hydrogen-bond donors (Lipinski definition) is 0. The molecule has 1 aliphatic heterocycles. The van der Waals surface area contributed by atoms with E-state index in [1.54, 1.807) is 19.9 Å². The van der Waals surface area contributed by atoms with E-state index >= 15 is 0 Å². The van der Waals surface area contributed by atoms with Crippen LogP contribution >= 0.6 is 0 Å². The number of ether oxygens (including phenoxy) is 6. The van der Waals surface area contributed by atoms with Crippen molar-refractivity contribution in [3.8, 4) is 0 Å². The second kappa shape index (κ2) is 9.91. The summed E-state index contributed by atoms with van der Waals surface area (Å²) in [4.78, 5) is 46.8. The Labute approximate surface area is 156 Å². The minimum absolute atomic E-state index is 0.397. The second-order valence-corrected chi connectivity index (χ2v) is 5.69. The molecular weight excluding hydrogens is 364 g/mol. The van der Waals surface area contributed by atoms with Crippen LogP contribution in [0.1, 0.15) is 34.6 Å². The highest BCUT2D eigenvalue weighted by molar-refractivity contribution is 5.77. The smallest absolute Gasteiger partial charge is 0.339 e. The zero-order valence-corrected chi connectivity index (χ0v) is 16.0. The highest BCUT2D eigenvalue weighted by atomic mass is 16.7. The lowest BCUT2D eigenvalue weighted by Crippen LogP contribution is -2.63. The Balaban J connectivity index is 3.40. The molecule has 152 valence electrons. The van der Waals surface area contributed by atoms with Gasteiger partial charge in [-0.2, -0.15) is 0 Å². The van der Waals surface area contributed by atoms with Gasteiger partial charge in [0.15, 0.2) is 18.3 Å². The van der Waals surface area contributed by atoms with Gasteiger partial charge in [-0.3, -0.25) is 14.4 Å². The van der Waals surface area contributed by atoms with E-state index in [9.17, 15) is 19.2 Å². The Morgan fingerprint density at radius 1 is 0.778 bits per heavy atom. The molecule has 5 unspecified atom stereocenters. The van der Waals surface area contributed by atoms with Gasteiger partial charge in [0.25, 0.3) is 0 Å². The zero-order chi connectivity index (χ0) is 20.7. The van der Waals surface area contributed by atoms with E-state index in [0.29, 0.717) is 5.76 Å². The number of esters is 4. The van der Waals surface area contributed by atoms with Gasteiger partial charge >= 0.3 is 23.9 Å². The lowest BCUT2D eigenvalue weighted by atomic mass is 9.97. The normalized spacial score (nSPS) is 27.9. The molecule has 0 aromatic rings. The first-order valence-electron chi connectivity index (χ1n) is 8.15. The molecular formula is C17H24O10. The first-order valence-corrected chi connectivity index (χ1v) is 8.15. The van der Waals surface area contributed by atoms with Crippen molar-refractivity contribution in [2.75, 3.05) is 7.11 Å². The molecule has 1 heterocycles. The number of carbonyl (C=O) groups excluding carboxylic acids is 4. The van der Waals surface area contributed by atoms with Crippen LogP contribution in [0.2, 0.25) is 0 Å². The van der Waals surface area contributed by atoms with E-state index < -0.39 is 54.6 Å². The van der Waals surface area contributed by atoms with Gasteiger partial charge in [-0.1, -0.05) is 0 Å². The maximum atomic E-state index is 12.2. The third-order valence-corrected chi connectivity index (χ3v) is 3.54. The highest BCUT2D eigenvalue weighted by Crippen LogP contribution is 2.31. The first kappa shape index (κ1) is 22.4. The van der Waals surface area contributed by atoms with Gasteiger partial charge in [-0.15, -0.1) is 0 Å². The minimum Gasteiger partial charge on any atom is -0.467 e. The van der Waals surface area contributed by atoms with Crippen molar-refractivity contribution < 1.29 is 47.6 Å². The summed E-state index contributed by atoms with van der Waals surface area (Å²) in [6.45, 7) is 6.66. The van der Waals surface area contributed by atoms with Crippen LogP contribution in [-0.4, -0.2) is 61.7 Å². The topological polar surface area (TPSA) is 124 Å². The Bertz CT molecular complexity index is 611. The van der Waals surface area contributed by atoms with Crippen LogP contribution in [0.4, 0.5) is 0 Å². The fourth-order valence-corrected chi connectivity index (χ4v) is 2.43. The number of rotatable bonds is 6.